The zero-order chi connectivity index (χ0) is 16.8. The molecule has 2 N–H and O–H groups in total. The van der Waals surface area contributed by atoms with Crippen molar-refractivity contribution in [1.82, 2.24) is 25.2 Å². The zero-order valence-electron chi connectivity index (χ0n) is 13.8. The highest BCUT2D eigenvalue weighted by Crippen LogP contribution is 2.05. The standard InChI is InChI=1S/C17H19FN6.HI/c1-19-17(21-12-13-6-2-3-7-14(13)18)20-10-9-16-23-22-15-8-4-5-11-24(15)16;/h2-8,11H,9-10,12H2,1H3,(H2,19,20,21);1H. The van der Waals surface area contributed by atoms with Crippen LogP contribution in [0.25, 0.3) is 5.65 Å². The molecule has 2 aromatic heterocycles. The molecule has 0 saturated carbocycles. The van der Waals surface area contributed by atoms with Crippen LogP contribution in [0.2, 0.25) is 0 Å². The summed E-state index contributed by atoms with van der Waals surface area (Å²) in [5.74, 6) is 1.27. The van der Waals surface area contributed by atoms with Gasteiger partial charge in [-0.3, -0.25) is 9.39 Å². The Morgan fingerprint density at radius 1 is 1.12 bits per heavy atom. The minimum atomic E-state index is -0.226. The molecule has 8 heteroatoms. The minimum absolute atomic E-state index is 0. The van der Waals surface area contributed by atoms with E-state index in [-0.39, 0.29) is 29.8 Å². The molecule has 25 heavy (non-hydrogen) atoms. The van der Waals surface area contributed by atoms with Gasteiger partial charge in [0.05, 0.1) is 0 Å². The number of aliphatic imine (C=N–C) groups is 1. The molecule has 0 aliphatic carbocycles. The van der Waals surface area contributed by atoms with Crippen molar-refractivity contribution in [3.05, 3.63) is 65.9 Å². The molecule has 0 fully saturated rings. The second kappa shape index (κ2) is 9.30. The first-order valence-corrected chi connectivity index (χ1v) is 7.74. The molecule has 3 aromatic rings. The number of fused-ring (bicyclic) bond motifs is 1. The minimum Gasteiger partial charge on any atom is -0.356 e. The van der Waals surface area contributed by atoms with E-state index in [9.17, 15) is 4.39 Å². The molecule has 0 unspecified atom stereocenters. The van der Waals surface area contributed by atoms with Crippen molar-refractivity contribution in [2.75, 3.05) is 13.6 Å². The number of aromatic nitrogens is 3. The summed E-state index contributed by atoms with van der Waals surface area (Å²) in [6.45, 7) is 1.02. The lowest BCUT2D eigenvalue weighted by Gasteiger charge is -2.12. The lowest BCUT2D eigenvalue weighted by Crippen LogP contribution is -2.38. The Hall–Kier alpha value is -2.23. The fourth-order valence-corrected chi connectivity index (χ4v) is 2.40. The van der Waals surface area contributed by atoms with Gasteiger partial charge in [-0.2, -0.15) is 0 Å². The molecule has 6 nitrogen and oxygen atoms in total. The Morgan fingerprint density at radius 2 is 1.92 bits per heavy atom. The van der Waals surface area contributed by atoms with Crippen LogP contribution in [0, 0.1) is 5.82 Å². The van der Waals surface area contributed by atoms with Gasteiger partial charge in [0, 0.05) is 38.3 Å². The average molecular weight is 454 g/mol. The van der Waals surface area contributed by atoms with Crippen molar-refractivity contribution in [3.63, 3.8) is 0 Å². The molecule has 0 saturated heterocycles. The third kappa shape index (κ3) is 4.88. The summed E-state index contributed by atoms with van der Waals surface area (Å²) in [7, 11) is 1.68. The van der Waals surface area contributed by atoms with E-state index in [1.54, 1.807) is 19.2 Å². The molecule has 132 valence electrons. The van der Waals surface area contributed by atoms with Gasteiger partial charge >= 0.3 is 0 Å². The van der Waals surface area contributed by atoms with Gasteiger partial charge in [-0.25, -0.2) is 4.39 Å². The summed E-state index contributed by atoms with van der Waals surface area (Å²) in [6, 6.07) is 12.5. The molecule has 1 aromatic carbocycles. The SMILES string of the molecule is CN=C(NCCc1nnc2ccccn12)NCc1ccccc1F.I. The monoisotopic (exact) mass is 454 g/mol. The van der Waals surface area contributed by atoms with Gasteiger partial charge in [0.2, 0.25) is 0 Å². The van der Waals surface area contributed by atoms with Gasteiger partial charge in [0.25, 0.3) is 0 Å². The number of nitrogens with zero attached hydrogens (tertiary/aromatic N) is 4. The molecule has 0 amide bonds. The van der Waals surface area contributed by atoms with Crippen molar-refractivity contribution >= 4 is 35.6 Å². The molecule has 0 atom stereocenters. The van der Waals surface area contributed by atoms with Crippen LogP contribution in [-0.2, 0) is 13.0 Å². The van der Waals surface area contributed by atoms with Crippen LogP contribution in [0.4, 0.5) is 4.39 Å². The van der Waals surface area contributed by atoms with Gasteiger partial charge < -0.3 is 10.6 Å². The summed E-state index contributed by atoms with van der Waals surface area (Å²) in [5.41, 5.74) is 1.43. The highest BCUT2D eigenvalue weighted by molar-refractivity contribution is 14.0. The Balaban J connectivity index is 0.00000225. The fourth-order valence-electron chi connectivity index (χ4n) is 2.40. The van der Waals surface area contributed by atoms with Crippen molar-refractivity contribution < 1.29 is 4.39 Å². The van der Waals surface area contributed by atoms with Gasteiger partial charge in [-0.05, 0) is 18.2 Å². The van der Waals surface area contributed by atoms with E-state index in [4.69, 9.17) is 0 Å². The van der Waals surface area contributed by atoms with Crippen LogP contribution in [0.5, 0.6) is 0 Å². The van der Waals surface area contributed by atoms with Crippen LogP contribution >= 0.6 is 24.0 Å². The van der Waals surface area contributed by atoms with E-state index >= 15 is 0 Å². The van der Waals surface area contributed by atoms with Crippen molar-refractivity contribution in [3.8, 4) is 0 Å². The fraction of sp³-hybridized carbons (Fsp3) is 0.235. The maximum Gasteiger partial charge on any atom is 0.191 e. The van der Waals surface area contributed by atoms with Gasteiger partial charge in [0.15, 0.2) is 11.6 Å². The van der Waals surface area contributed by atoms with Crippen LogP contribution in [0.15, 0.2) is 53.7 Å². The van der Waals surface area contributed by atoms with Crippen LogP contribution < -0.4 is 10.6 Å². The summed E-state index contributed by atoms with van der Waals surface area (Å²) in [6.07, 6.45) is 2.64. The summed E-state index contributed by atoms with van der Waals surface area (Å²) < 4.78 is 15.6. The third-order valence-electron chi connectivity index (χ3n) is 3.65. The average Bonchev–Trinajstić information content (AvgIpc) is 3.02. The molecule has 0 aliphatic heterocycles. The lowest BCUT2D eigenvalue weighted by molar-refractivity contribution is 0.604. The molecule has 2 heterocycles. The summed E-state index contributed by atoms with van der Waals surface area (Å²) in [5, 5.41) is 14.6. The number of guanidine groups is 1. The molecule has 0 spiro atoms. The third-order valence-corrected chi connectivity index (χ3v) is 3.65. The number of hydrogen-bond acceptors (Lipinski definition) is 3. The molecule has 0 aliphatic rings. The number of benzene rings is 1. The Kier molecular flexibility index (Phi) is 7.11. The molecular weight excluding hydrogens is 434 g/mol. The second-order valence-corrected chi connectivity index (χ2v) is 5.24. The predicted octanol–water partition coefficient (Wildman–Crippen LogP) is 2.39. The Morgan fingerprint density at radius 3 is 2.72 bits per heavy atom. The Labute approximate surface area is 162 Å². The van der Waals surface area contributed by atoms with E-state index < -0.39 is 0 Å². The molecular formula is C17H20FIN6. The zero-order valence-corrected chi connectivity index (χ0v) is 16.1. The first kappa shape index (κ1) is 19.1. The lowest BCUT2D eigenvalue weighted by atomic mass is 10.2. The summed E-state index contributed by atoms with van der Waals surface area (Å²) >= 11 is 0. The van der Waals surface area contributed by atoms with Gasteiger partial charge in [0.1, 0.15) is 11.6 Å². The van der Waals surface area contributed by atoms with Crippen molar-refractivity contribution in [2.45, 2.75) is 13.0 Å². The maximum atomic E-state index is 13.6. The maximum absolute atomic E-state index is 13.6. The molecule has 0 bridgehead atoms. The van der Waals surface area contributed by atoms with Crippen LogP contribution in [-0.4, -0.2) is 34.2 Å². The van der Waals surface area contributed by atoms with Crippen LogP contribution in [0.3, 0.4) is 0 Å². The van der Waals surface area contributed by atoms with E-state index in [1.165, 1.54) is 6.07 Å². The number of nitrogens with one attached hydrogen (secondary N) is 2. The van der Waals surface area contributed by atoms with E-state index in [1.807, 2.05) is 34.9 Å². The molecule has 0 radical (unpaired) electrons. The van der Waals surface area contributed by atoms with E-state index in [2.05, 4.69) is 25.8 Å². The number of hydrogen-bond donors (Lipinski definition) is 2. The van der Waals surface area contributed by atoms with Crippen LogP contribution in [0.1, 0.15) is 11.4 Å². The highest BCUT2D eigenvalue weighted by Gasteiger charge is 2.06. The quantitative estimate of drug-likeness (QED) is 0.353. The highest BCUT2D eigenvalue weighted by atomic mass is 127. The van der Waals surface area contributed by atoms with E-state index in [0.29, 0.717) is 31.0 Å². The normalized spacial score (nSPS) is 11.2. The van der Waals surface area contributed by atoms with E-state index in [0.717, 1.165) is 11.5 Å². The van der Waals surface area contributed by atoms with Crippen molar-refractivity contribution in [2.24, 2.45) is 4.99 Å². The number of pyridine rings is 1. The predicted molar refractivity (Wildman–Crippen MR) is 107 cm³/mol. The number of halogens is 2. The Bertz CT molecular complexity index is 848. The second-order valence-electron chi connectivity index (χ2n) is 5.24. The topological polar surface area (TPSA) is 66.6 Å². The van der Waals surface area contributed by atoms with Gasteiger partial charge in [-0.15, -0.1) is 34.2 Å². The largest absolute Gasteiger partial charge is 0.356 e. The molecule has 3 rings (SSSR count). The first-order valence-electron chi connectivity index (χ1n) is 7.74. The summed E-state index contributed by atoms with van der Waals surface area (Å²) in [4.78, 5) is 4.14. The number of rotatable bonds is 5. The smallest absolute Gasteiger partial charge is 0.191 e. The van der Waals surface area contributed by atoms with Crippen molar-refractivity contribution in [1.29, 1.82) is 0 Å². The first-order chi connectivity index (χ1) is 11.8. The van der Waals surface area contributed by atoms with Gasteiger partial charge in [-0.1, -0.05) is 24.3 Å².